The van der Waals surface area contributed by atoms with Crippen molar-refractivity contribution in [3.63, 3.8) is 0 Å². The molecule has 1 aliphatic heterocycles. The molecule has 3 aromatic heterocycles. The Morgan fingerprint density at radius 1 is 1.06 bits per heavy atom. The lowest BCUT2D eigenvalue weighted by Gasteiger charge is -2.25. The summed E-state index contributed by atoms with van der Waals surface area (Å²) >= 11 is 3.38. The molecule has 2 aliphatic rings. The zero-order valence-electron chi connectivity index (χ0n) is 18.5. The van der Waals surface area contributed by atoms with Gasteiger partial charge in [0.2, 0.25) is 0 Å². The molecule has 0 fully saturated rings. The summed E-state index contributed by atoms with van der Waals surface area (Å²) in [6.45, 7) is 7.33. The van der Waals surface area contributed by atoms with Crippen molar-refractivity contribution in [1.82, 2.24) is 14.8 Å². The van der Waals surface area contributed by atoms with E-state index in [4.69, 9.17) is 0 Å². The summed E-state index contributed by atoms with van der Waals surface area (Å²) in [5, 5.41) is 7.91. The first kappa shape index (κ1) is 21.4. The van der Waals surface area contributed by atoms with Gasteiger partial charge in [0.1, 0.15) is 10.0 Å². The quantitative estimate of drug-likeness (QED) is 0.501. The maximum Gasteiger partial charge on any atom is 0.320 e. The van der Waals surface area contributed by atoms with Gasteiger partial charge in [-0.05, 0) is 62.4 Å². The zero-order valence-corrected chi connectivity index (χ0v) is 20.1. The molecule has 8 heteroatoms. The van der Waals surface area contributed by atoms with E-state index in [-0.39, 0.29) is 11.8 Å². The normalized spacial score (nSPS) is 15.4. The van der Waals surface area contributed by atoms with Crippen molar-refractivity contribution in [2.24, 2.45) is 0 Å². The van der Waals surface area contributed by atoms with Gasteiger partial charge >= 0.3 is 6.03 Å². The lowest BCUT2D eigenvalue weighted by molar-refractivity contribution is 0.101. The van der Waals surface area contributed by atoms with Crippen LogP contribution in [0.5, 0.6) is 0 Å². The summed E-state index contributed by atoms with van der Waals surface area (Å²) in [6, 6.07) is 3.80. The van der Waals surface area contributed by atoms with E-state index in [9.17, 15) is 9.59 Å². The number of urea groups is 1. The van der Waals surface area contributed by atoms with Gasteiger partial charge in [-0.3, -0.25) is 15.0 Å². The smallest absolute Gasteiger partial charge is 0.320 e. The molecule has 32 heavy (non-hydrogen) atoms. The minimum absolute atomic E-state index is 0.0296. The fourth-order valence-corrected chi connectivity index (χ4v) is 7.53. The van der Waals surface area contributed by atoms with Crippen molar-refractivity contribution >= 4 is 39.5 Å². The molecule has 5 rings (SSSR count). The second-order valence-corrected chi connectivity index (χ2v) is 10.6. The number of nitrogens with zero attached hydrogens (tertiary/aromatic N) is 2. The molecular weight excluding hydrogens is 440 g/mol. The van der Waals surface area contributed by atoms with Gasteiger partial charge in [-0.15, -0.1) is 22.7 Å². The highest BCUT2D eigenvalue weighted by Gasteiger charge is 2.27. The number of thiophene rings is 2. The number of fused-ring (bicyclic) bond motifs is 2. The molecule has 0 atom stereocenters. The van der Waals surface area contributed by atoms with Crippen LogP contribution >= 0.6 is 22.7 Å². The van der Waals surface area contributed by atoms with E-state index in [1.54, 1.807) is 18.3 Å². The lowest BCUT2D eigenvalue weighted by Crippen LogP contribution is -2.31. The predicted octanol–water partition coefficient (Wildman–Crippen LogP) is 4.99. The summed E-state index contributed by atoms with van der Waals surface area (Å²) in [5.74, 6) is 0.0296. The van der Waals surface area contributed by atoms with E-state index in [0.29, 0.717) is 17.1 Å². The van der Waals surface area contributed by atoms with Crippen molar-refractivity contribution in [1.29, 1.82) is 0 Å². The van der Waals surface area contributed by atoms with Crippen LogP contribution in [0.4, 0.5) is 9.80 Å². The first-order valence-electron chi connectivity index (χ1n) is 11.2. The molecule has 0 aromatic carbocycles. The molecule has 4 heterocycles. The standard InChI is InChI=1S/C24H28N4O2S2/c1-3-27-12-9-16-18(23(32-20(16)14-27)28-10-4-5-11-28)13-25-24(30)26-22-21(15(2)29)17-7-6-8-19(17)31-22/h4-5,10-11H,3,6-9,12-14H2,1-2H3,(H2,25,26,30). The number of Topliss-reactive ketones (excluding diaryl/α,β-unsaturated/α-hetero) is 1. The minimum Gasteiger partial charge on any atom is -0.334 e. The molecule has 6 nitrogen and oxygen atoms in total. The fourth-order valence-electron chi connectivity index (χ4n) is 4.82. The summed E-state index contributed by atoms with van der Waals surface area (Å²) in [6.07, 6.45) is 8.15. The Hall–Kier alpha value is -2.42. The third-order valence-electron chi connectivity index (χ3n) is 6.44. The van der Waals surface area contributed by atoms with Crippen molar-refractivity contribution < 1.29 is 9.59 Å². The Kier molecular flexibility index (Phi) is 5.92. The van der Waals surface area contributed by atoms with Crippen LogP contribution in [-0.4, -0.2) is 34.4 Å². The number of carbonyl (C=O) groups is 2. The summed E-state index contributed by atoms with van der Waals surface area (Å²) < 4.78 is 2.14. The summed E-state index contributed by atoms with van der Waals surface area (Å²) in [5.41, 5.74) is 4.43. The molecule has 168 valence electrons. The van der Waals surface area contributed by atoms with Crippen molar-refractivity contribution in [2.45, 2.75) is 52.6 Å². The van der Waals surface area contributed by atoms with Crippen LogP contribution in [-0.2, 0) is 32.4 Å². The number of hydrogen-bond acceptors (Lipinski definition) is 5. The van der Waals surface area contributed by atoms with E-state index in [1.165, 1.54) is 25.9 Å². The maximum absolute atomic E-state index is 12.8. The Balaban J connectivity index is 1.36. The van der Waals surface area contributed by atoms with Crippen LogP contribution in [0.25, 0.3) is 5.00 Å². The lowest BCUT2D eigenvalue weighted by atomic mass is 10.0. The number of carbonyl (C=O) groups excluding carboxylic acids is 2. The van der Waals surface area contributed by atoms with Gasteiger partial charge in [-0.25, -0.2) is 4.79 Å². The maximum atomic E-state index is 12.8. The van der Waals surface area contributed by atoms with Gasteiger partial charge in [0.25, 0.3) is 0 Å². The van der Waals surface area contributed by atoms with Crippen LogP contribution in [0, 0.1) is 0 Å². The molecule has 0 saturated carbocycles. The predicted molar refractivity (Wildman–Crippen MR) is 131 cm³/mol. The van der Waals surface area contributed by atoms with Crippen molar-refractivity contribution in [2.75, 3.05) is 18.4 Å². The number of amides is 2. The number of ketones is 1. The van der Waals surface area contributed by atoms with Gasteiger partial charge < -0.3 is 9.88 Å². The number of nitrogens with one attached hydrogen (secondary N) is 2. The van der Waals surface area contributed by atoms with Crippen LogP contribution in [0.15, 0.2) is 24.5 Å². The minimum atomic E-state index is -0.253. The molecule has 0 radical (unpaired) electrons. The highest BCUT2D eigenvalue weighted by molar-refractivity contribution is 7.17. The second-order valence-electron chi connectivity index (χ2n) is 8.42. The van der Waals surface area contributed by atoms with E-state index in [0.717, 1.165) is 50.9 Å². The second kappa shape index (κ2) is 8.84. The monoisotopic (exact) mass is 468 g/mol. The number of likely N-dealkylation sites (N-methyl/N-ethyl adjacent to an activating group) is 1. The Bertz CT molecular complexity index is 1160. The number of aryl methyl sites for hydroxylation is 1. The molecule has 2 amide bonds. The van der Waals surface area contributed by atoms with Crippen LogP contribution in [0.2, 0.25) is 0 Å². The first-order valence-corrected chi connectivity index (χ1v) is 12.9. The molecular formula is C24H28N4O2S2. The highest BCUT2D eigenvalue weighted by Crippen LogP contribution is 2.39. The Labute approximate surface area is 196 Å². The van der Waals surface area contributed by atoms with Gasteiger partial charge in [0.05, 0.1) is 5.56 Å². The van der Waals surface area contributed by atoms with E-state index in [2.05, 4.69) is 39.4 Å². The van der Waals surface area contributed by atoms with Gasteiger partial charge in [-0.1, -0.05) is 6.92 Å². The van der Waals surface area contributed by atoms with E-state index < -0.39 is 0 Å². The number of rotatable bonds is 6. The molecule has 3 aromatic rings. The summed E-state index contributed by atoms with van der Waals surface area (Å²) in [7, 11) is 0. The molecule has 0 saturated heterocycles. The third-order valence-corrected chi connectivity index (χ3v) is 8.92. The van der Waals surface area contributed by atoms with Crippen LogP contribution < -0.4 is 10.6 Å². The van der Waals surface area contributed by atoms with Gasteiger partial charge in [0.15, 0.2) is 5.78 Å². The number of hydrogen-bond donors (Lipinski definition) is 2. The third kappa shape index (κ3) is 3.91. The van der Waals surface area contributed by atoms with Gasteiger partial charge in [-0.2, -0.15) is 0 Å². The SMILES string of the molecule is CCN1CCc2c(sc(-n3cccc3)c2CNC(=O)Nc2sc3c(c2C(C)=O)CCC3)C1. The number of aromatic nitrogens is 1. The van der Waals surface area contributed by atoms with Gasteiger partial charge in [0, 0.05) is 47.3 Å². The Morgan fingerprint density at radius 2 is 1.88 bits per heavy atom. The first-order chi connectivity index (χ1) is 15.5. The van der Waals surface area contributed by atoms with Crippen LogP contribution in [0.1, 0.15) is 57.1 Å². The topological polar surface area (TPSA) is 66.4 Å². The molecule has 2 N–H and O–H groups in total. The average molecular weight is 469 g/mol. The molecule has 0 unspecified atom stereocenters. The van der Waals surface area contributed by atoms with Crippen LogP contribution in [0.3, 0.4) is 0 Å². The molecule has 0 spiro atoms. The zero-order chi connectivity index (χ0) is 22.2. The number of anilines is 1. The van der Waals surface area contributed by atoms with E-state index >= 15 is 0 Å². The average Bonchev–Trinajstić information content (AvgIpc) is 3.54. The highest BCUT2D eigenvalue weighted by atomic mass is 32.1. The van der Waals surface area contributed by atoms with Crippen molar-refractivity contribution in [3.05, 3.63) is 56.5 Å². The summed E-state index contributed by atoms with van der Waals surface area (Å²) in [4.78, 5) is 30.2. The van der Waals surface area contributed by atoms with E-state index in [1.807, 2.05) is 23.5 Å². The molecule has 1 aliphatic carbocycles. The Morgan fingerprint density at radius 3 is 2.62 bits per heavy atom. The molecule has 0 bridgehead atoms. The van der Waals surface area contributed by atoms with Crippen molar-refractivity contribution in [3.8, 4) is 5.00 Å². The largest absolute Gasteiger partial charge is 0.334 e. The fraction of sp³-hybridized carbons (Fsp3) is 0.417.